The van der Waals surface area contributed by atoms with Gasteiger partial charge in [-0.1, -0.05) is 24.4 Å². The number of rotatable bonds is 7. The van der Waals surface area contributed by atoms with Crippen LogP contribution in [0.1, 0.15) is 32.6 Å². The minimum Gasteiger partial charge on any atom is -0.396 e. The quantitative estimate of drug-likeness (QED) is 0.248. The molecule has 0 heterocycles. The highest BCUT2D eigenvalue weighted by Crippen LogP contribution is 1.96. The van der Waals surface area contributed by atoms with Crippen molar-refractivity contribution in [1.29, 1.82) is 0 Å². The van der Waals surface area contributed by atoms with Crippen molar-refractivity contribution in [2.45, 2.75) is 38.2 Å². The molecule has 102 valence electrons. The molecule has 0 aliphatic heterocycles. The van der Waals surface area contributed by atoms with Crippen LogP contribution in [0.25, 0.3) is 0 Å². The predicted molar refractivity (Wildman–Crippen MR) is 64.7 cm³/mol. The highest BCUT2D eigenvalue weighted by atomic mass is 35.5. The van der Waals surface area contributed by atoms with Gasteiger partial charge in [0.05, 0.1) is 0 Å². The number of aliphatic hydroxyl groups excluding tert-OH is 1. The first kappa shape index (κ1) is 21.3. The van der Waals surface area contributed by atoms with E-state index in [1.807, 2.05) is 7.05 Å². The fraction of sp³-hybridized carbons (Fsp3) is 1.00. The van der Waals surface area contributed by atoms with E-state index in [0.717, 1.165) is 19.4 Å². The Labute approximate surface area is 103 Å². The van der Waals surface area contributed by atoms with Crippen molar-refractivity contribution in [2.24, 2.45) is 5.90 Å². The maximum atomic E-state index is 8.41. The van der Waals surface area contributed by atoms with Crippen LogP contribution in [0, 0.1) is 0 Å². The van der Waals surface area contributed by atoms with Gasteiger partial charge in [-0.15, -0.1) is 0 Å². The second-order valence-corrected chi connectivity index (χ2v) is 3.54. The maximum absolute atomic E-state index is 8.41. The summed E-state index contributed by atoms with van der Waals surface area (Å²) in [7, 11) is 1.96. The lowest BCUT2D eigenvalue weighted by Crippen LogP contribution is -2.42. The Morgan fingerprint density at radius 1 is 1.31 bits per heavy atom. The van der Waals surface area contributed by atoms with E-state index >= 15 is 0 Å². The topological polar surface area (TPSA) is 115 Å². The molecular formula is C9H27ClN3O3+. The van der Waals surface area contributed by atoms with Gasteiger partial charge in [-0.05, 0) is 33.4 Å². The highest BCUT2D eigenvalue weighted by molar-refractivity contribution is 6.19. The molecule has 0 aromatic rings. The Morgan fingerprint density at radius 2 is 1.75 bits per heavy atom. The summed E-state index contributed by atoms with van der Waals surface area (Å²) in [6, 6.07) is 0. The van der Waals surface area contributed by atoms with Crippen LogP contribution in [0.15, 0.2) is 0 Å². The number of nitrogens with two attached hydrogens (primary N) is 1. The van der Waals surface area contributed by atoms with Crippen molar-refractivity contribution in [1.82, 2.24) is 5.32 Å². The zero-order chi connectivity index (χ0) is 13.2. The molecule has 0 aromatic heterocycles. The number of hydrogen-bond donors (Lipinski definition) is 5. The van der Waals surface area contributed by atoms with Gasteiger partial charge in [-0.25, -0.2) is 17.0 Å². The molecule has 1 unspecified atom stereocenters. The summed E-state index contributed by atoms with van der Waals surface area (Å²) in [6.07, 6.45) is 4.60. The second kappa shape index (κ2) is 24.3. The lowest BCUT2D eigenvalue weighted by atomic mass is 10.2. The number of unbranched alkanes of at least 4 members (excludes halogenated alkanes) is 3. The summed E-state index contributed by atoms with van der Waals surface area (Å²) in [4.78, 5) is 4.02. The predicted octanol–water partition coefficient (Wildman–Crippen LogP) is -0.162. The minimum atomic E-state index is -0.366. The number of hydrogen-bond acceptors (Lipinski definition) is 5. The highest BCUT2D eigenvalue weighted by Gasteiger charge is 1.85. The summed E-state index contributed by atoms with van der Waals surface area (Å²) in [5.41, 5.74) is -0.366. The lowest BCUT2D eigenvalue weighted by molar-refractivity contribution is -0.670. The van der Waals surface area contributed by atoms with E-state index < -0.39 is 0 Å². The van der Waals surface area contributed by atoms with E-state index in [1.54, 1.807) is 6.92 Å². The van der Waals surface area contributed by atoms with Crippen LogP contribution in [0.3, 0.4) is 0 Å². The molecule has 6 nitrogen and oxygen atoms in total. The number of halogens is 1. The fourth-order valence-electron chi connectivity index (χ4n) is 0.767. The van der Waals surface area contributed by atoms with Crippen LogP contribution in [0.2, 0.25) is 0 Å². The van der Waals surface area contributed by atoms with Crippen LogP contribution in [-0.2, 0) is 4.84 Å². The molecule has 16 heavy (non-hydrogen) atoms. The molecule has 0 aromatic carbocycles. The average molecular weight is 261 g/mol. The zero-order valence-corrected chi connectivity index (χ0v) is 11.0. The van der Waals surface area contributed by atoms with Gasteiger partial charge in [0, 0.05) is 6.61 Å². The maximum Gasteiger partial charge on any atom is 0.149 e. The van der Waals surface area contributed by atoms with E-state index in [0.29, 0.717) is 6.61 Å². The summed E-state index contributed by atoms with van der Waals surface area (Å²) >= 11 is 5.11. The molecule has 8 N–H and O–H groups in total. The Bertz CT molecular complexity index is 94.1. The molecule has 0 aliphatic carbocycles. The minimum absolute atomic E-state index is 0.347. The molecule has 0 saturated carbocycles. The van der Waals surface area contributed by atoms with E-state index in [-0.39, 0.29) is 5.56 Å². The summed E-state index contributed by atoms with van der Waals surface area (Å²) < 4.78 is 0. The third-order valence-corrected chi connectivity index (χ3v) is 1.63. The Balaban J connectivity index is -0.000000205. The Hall–Kier alpha value is 0.0500. The fourth-order valence-corrected chi connectivity index (χ4v) is 0.767. The first-order valence-corrected chi connectivity index (χ1v) is 5.69. The van der Waals surface area contributed by atoms with Crippen molar-refractivity contribution in [3.8, 4) is 0 Å². The van der Waals surface area contributed by atoms with Crippen LogP contribution in [0.5, 0.6) is 0 Å². The smallest absolute Gasteiger partial charge is 0.149 e. The van der Waals surface area contributed by atoms with Crippen molar-refractivity contribution < 1.29 is 21.0 Å². The number of aliphatic hydroxyl groups is 1. The van der Waals surface area contributed by atoms with Gasteiger partial charge in [0.25, 0.3) is 0 Å². The van der Waals surface area contributed by atoms with E-state index in [1.165, 1.54) is 12.8 Å². The Kier molecular flexibility index (Phi) is 32.5. The number of alkyl halides is 1. The monoisotopic (exact) mass is 260 g/mol. The van der Waals surface area contributed by atoms with E-state index in [2.05, 4.69) is 21.9 Å². The molecular weight excluding hydrogens is 234 g/mol. The molecule has 0 rings (SSSR count). The molecule has 0 aliphatic rings. The lowest BCUT2D eigenvalue weighted by Gasteiger charge is -1.97. The van der Waals surface area contributed by atoms with Crippen LogP contribution < -0.4 is 17.1 Å². The largest absolute Gasteiger partial charge is 0.396 e. The molecule has 0 fully saturated rings. The Morgan fingerprint density at radius 3 is 2.06 bits per heavy atom. The molecule has 0 spiro atoms. The second-order valence-electron chi connectivity index (χ2n) is 2.92. The van der Waals surface area contributed by atoms with Gasteiger partial charge in [-0.2, -0.15) is 0 Å². The first-order chi connectivity index (χ1) is 7.68. The van der Waals surface area contributed by atoms with Crippen molar-refractivity contribution >= 4 is 11.6 Å². The third-order valence-electron chi connectivity index (χ3n) is 1.52. The SMILES string of the molecule is CC(Cl)ON.CNCCCCCCO.[NH3+]O. The first-order valence-electron chi connectivity index (χ1n) is 5.25. The zero-order valence-electron chi connectivity index (χ0n) is 10.3. The van der Waals surface area contributed by atoms with E-state index in [4.69, 9.17) is 21.9 Å². The van der Waals surface area contributed by atoms with E-state index in [9.17, 15) is 0 Å². The van der Waals surface area contributed by atoms with Gasteiger partial charge in [0.2, 0.25) is 0 Å². The number of quaternary nitrogens is 1. The van der Waals surface area contributed by atoms with Crippen LogP contribution in [0.4, 0.5) is 0 Å². The van der Waals surface area contributed by atoms with Gasteiger partial charge < -0.3 is 10.4 Å². The molecule has 0 bridgehead atoms. The van der Waals surface area contributed by atoms with Crippen molar-refractivity contribution in [3.05, 3.63) is 0 Å². The molecule has 1 atom stereocenters. The summed E-state index contributed by atoms with van der Waals surface area (Å²) in [5.74, 6) is 6.79. The third kappa shape index (κ3) is 36.9. The van der Waals surface area contributed by atoms with Gasteiger partial charge >= 0.3 is 0 Å². The molecule has 0 amide bonds. The van der Waals surface area contributed by atoms with Crippen LogP contribution >= 0.6 is 11.6 Å². The standard InChI is InChI=1S/C7H17NO.C2H6ClNO.H4NO/c1-8-6-4-2-3-5-7-9;1-2(3)5-4;1-2/h8-9H,2-7H2,1H3;2H,4H2,1H3;2H,1H3/q;;+1. The van der Waals surface area contributed by atoms with Crippen molar-refractivity contribution in [2.75, 3.05) is 20.2 Å². The molecule has 0 saturated heterocycles. The van der Waals surface area contributed by atoms with Gasteiger partial charge in [0.15, 0.2) is 0 Å². The van der Waals surface area contributed by atoms with Crippen molar-refractivity contribution in [3.63, 3.8) is 0 Å². The van der Waals surface area contributed by atoms with Gasteiger partial charge in [0.1, 0.15) is 5.56 Å². The molecule has 7 heteroatoms. The average Bonchev–Trinajstić information content (AvgIpc) is 2.32. The van der Waals surface area contributed by atoms with Gasteiger partial charge in [-0.3, -0.25) is 4.84 Å². The summed E-state index contributed by atoms with van der Waals surface area (Å²) in [5, 5.41) is 18.2. The number of nitrogens with one attached hydrogen (secondary N) is 1. The normalized spacial score (nSPS) is 10.7. The van der Waals surface area contributed by atoms with Crippen LogP contribution in [-0.4, -0.2) is 36.1 Å². The summed E-state index contributed by atoms with van der Waals surface area (Å²) in [6.45, 7) is 3.09. The molecule has 0 radical (unpaired) electrons.